The van der Waals surface area contributed by atoms with Crippen LogP contribution in [0.2, 0.25) is 0 Å². The van der Waals surface area contributed by atoms with Crippen molar-refractivity contribution in [1.82, 2.24) is 10.3 Å². The van der Waals surface area contributed by atoms with Crippen molar-refractivity contribution in [2.24, 2.45) is 0 Å². The number of rotatable bonds is 6. The maximum absolute atomic E-state index is 12.2. The fourth-order valence-electron chi connectivity index (χ4n) is 2.92. The number of hydrogen-bond acceptors (Lipinski definition) is 5. The predicted molar refractivity (Wildman–Crippen MR) is 119 cm³/mol. The van der Waals surface area contributed by atoms with E-state index in [4.69, 9.17) is 4.74 Å². The van der Waals surface area contributed by atoms with Gasteiger partial charge in [0.15, 0.2) is 0 Å². The van der Waals surface area contributed by atoms with Gasteiger partial charge in [-0.3, -0.25) is 9.59 Å². The number of methoxy groups -OCH3 is 1. The van der Waals surface area contributed by atoms with Crippen LogP contribution in [0.25, 0.3) is 20.8 Å². The fourth-order valence-corrected chi connectivity index (χ4v) is 3.90. The zero-order valence-corrected chi connectivity index (χ0v) is 17.0. The first-order valence-electron chi connectivity index (χ1n) is 9.30. The van der Waals surface area contributed by atoms with E-state index in [1.807, 2.05) is 48.5 Å². The van der Waals surface area contributed by atoms with Crippen molar-refractivity contribution in [3.8, 4) is 16.3 Å². The van der Waals surface area contributed by atoms with Crippen LogP contribution in [-0.4, -0.2) is 30.5 Å². The highest BCUT2D eigenvalue weighted by atomic mass is 32.1. The molecule has 0 aliphatic carbocycles. The van der Waals surface area contributed by atoms with Crippen molar-refractivity contribution in [2.75, 3.05) is 19.0 Å². The highest BCUT2D eigenvalue weighted by molar-refractivity contribution is 7.21. The molecule has 7 heteroatoms. The lowest BCUT2D eigenvalue weighted by molar-refractivity contribution is -0.115. The monoisotopic (exact) mass is 417 g/mol. The van der Waals surface area contributed by atoms with E-state index >= 15 is 0 Å². The summed E-state index contributed by atoms with van der Waals surface area (Å²) in [7, 11) is 1.53. The van der Waals surface area contributed by atoms with Crippen molar-refractivity contribution >= 4 is 39.1 Å². The lowest BCUT2D eigenvalue weighted by Gasteiger charge is -2.08. The molecule has 2 N–H and O–H groups in total. The van der Waals surface area contributed by atoms with Gasteiger partial charge in [-0.05, 0) is 54.6 Å². The number of amides is 2. The Morgan fingerprint density at radius 2 is 1.80 bits per heavy atom. The maximum atomic E-state index is 12.2. The standard InChI is InChI=1S/C23H19N3O3S/c1-29-18-6-4-5-16(13-18)22(28)24-14-21(27)25-17-11-9-15(10-12-17)23-26-19-7-2-3-8-20(19)30-23/h2-13H,14H2,1H3,(H,24,28)(H,25,27). The molecule has 0 radical (unpaired) electrons. The van der Waals surface area contributed by atoms with Gasteiger partial charge in [0.25, 0.3) is 5.91 Å². The van der Waals surface area contributed by atoms with Gasteiger partial charge in [-0.25, -0.2) is 4.98 Å². The van der Waals surface area contributed by atoms with E-state index in [1.54, 1.807) is 35.6 Å². The first-order chi connectivity index (χ1) is 14.6. The van der Waals surface area contributed by atoms with Gasteiger partial charge in [0.05, 0.1) is 23.9 Å². The molecule has 4 rings (SSSR count). The van der Waals surface area contributed by atoms with Gasteiger partial charge < -0.3 is 15.4 Å². The van der Waals surface area contributed by atoms with E-state index in [9.17, 15) is 9.59 Å². The van der Waals surface area contributed by atoms with Crippen molar-refractivity contribution < 1.29 is 14.3 Å². The van der Waals surface area contributed by atoms with Gasteiger partial charge >= 0.3 is 0 Å². The van der Waals surface area contributed by atoms with Gasteiger partial charge in [0.2, 0.25) is 5.91 Å². The van der Waals surface area contributed by atoms with Crippen LogP contribution in [0.4, 0.5) is 5.69 Å². The molecular weight excluding hydrogens is 398 g/mol. The summed E-state index contributed by atoms with van der Waals surface area (Å²) >= 11 is 1.63. The van der Waals surface area contributed by atoms with Crippen LogP contribution in [0.15, 0.2) is 72.8 Å². The summed E-state index contributed by atoms with van der Waals surface area (Å²) in [5, 5.41) is 6.32. The largest absolute Gasteiger partial charge is 0.497 e. The number of thiazole rings is 1. The first-order valence-corrected chi connectivity index (χ1v) is 10.1. The van der Waals surface area contributed by atoms with Crippen LogP contribution in [0.1, 0.15) is 10.4 Å². The Morgan fingerprint density at radius 1 is 1.00 bits per heavy atom. The average molecular weight is 417 g/mol. The average Bonchev–Trinajstić information content (AvgIpc) is 3.22. The third kappa shape index (κ3) is 4.47. The molecule has 2 amide bonds. The number of fused-ring (bicyclic) bond motifs is 1. The Hall–Kier alpha value is -3.71. The van der Waals surface area contributed by atoms with Crippen LogP contribution in [0.3, 0.4) is 0 Å². The Kier molecular flexibility index (Phi) is 5.72. The summed E-state index contributed by atoms with van der Waals surface area (Å²) in [5.41, 5.74) is 3.05. The van der Waals surface area contributed by atoms with Gasteiger partial charge in [0.1, 0.15) is 10.8 Å². The Morgan fingerprint density at radius 3 is 2.57 bits per heavy atom. The summed E-state index contributed by atoms with van der Waals surface area (Å²) in [6.45, 7) is -0.129. The maximum Gasteiger partial charge on any atom is 0.251 e. The molecule has 1 heterocycles. The molecule has 0 atom stereocenters. The number of ether oxygens (including phenoxy) is 1. The van der Waals surface area contributed by atoms with E-state index in [-0.39, 0.29) is 18.4 Å². The second kappa shape index (κ2) is 8.75. The highest BCUT2D eigenvalue weighted by Gasteiger charge is 2.10. The van der Waals surface area contributed by atoms with E-state index < -0.39 is 0 Å². The SMILES string of the molecule is COc1cccc(C(=O)NCC(=O)Nc2ccc(-c3nc4ccccc4s3)cc2)c1. The Labute approximate surface area is 177 Å². The fraction of sp³-hybridized carbons (Fsp3) is 0.0870. The third-order valence-corrected chi connectivity index (χ3v) is 5.54. The topological polar surface area (TPSA) is 80.3 Å². The zero-order chi connectivity index (χ0) is 20.9. The van der Waals surface area contributed by atoms with Crippen molar-refractivity contribution in [3.05, 3.63) is 78.4 Å². The molecule has 0 fully saturated rings. The highest BCUT2D eigenvalue weighted by Crippen LogP contribution is 2.30. The first kappa shape index (κ1) is 19.6. The van der Waals surface area contributed by atoms with E-state index in [0.29, 0.717) is 17.0 Å². The van der Waals surface area contributed by atoms with Crippen molar-refractivity contribution in [2.45, 2.75) is 0 Å². The minimum absolute atomic E-state index is 0.129. The predicted octanol–water partition coefficient (Wildman–Crippen LogP) is 4.34. The van der Waals surface area contributed by atoms with Crippen LogP contribution < -0.4 is 15.4 Å². The molecule has 150 valence electrons. The number of carbonyl (C=O) groups is 2. The molecule has 3 aromatic carbocycles. The summed E-state index contributed by atoms with van der Waals surface area (Å²) < 4.78 is 6.24. The molecule has 0 unspecified atom stereocenters. The Bertz CT molecular complexity index is 1170. The molecule has 0 saturated carbocycles. The van der Waals surface area contributed by atoms with Crippen LogP contribution in [0.5, 0.6) is 5.75 Å². The van der Waals surface area contributed by atoms with Gasteiger partial charge in [-0.1, -0.05) is 18.2 Å². The molecule has 4 aromatic rings. The molecule has 0 aliphatic heterocycles. The van der Waals surface area contributed by atoms with Gasteiger partial charge in [-0.15, -0.1) is 11.3 Å². The summed E-state index contributed by atoms with van der Waals surface area (Å²) in [5.74, 6) is -0.0606. The number of benzene rings is 3. The number of carbonyl (C=O) groups excluding carboxylic acids is 2. The summed E-state index contributed by atoms with van der Waals surface area (Å²) in [6, 6.07) is 22.2. The molecule has 0 saturated heterocycles. The summed E-state index contributed by atoms with van der Waals surface area (Å²) in [4.78, 5) is 29.0. The van der Waals surface area contributed by atoms with Crippen molar-refractivity contribution in [3.63, 3.8) is 0 Å². The quantitative estimate of drug-likeness (QED) is 0.489. The molecule has 1 aromatic heterocycles. The third-order valence-electron chi connectivity index (χ3n) is 4.45. The molecule has 6 nitrogen and oxygen atoms in total. The zero-order valence-electron chi connectivity index (χ0n) is 16.2. The van der Waals surface area contributed by atoms with Gasteiger partial charge in [-0.2, -0.15) is 0 Å². The van der Waals surface area contributed by atoms with E-state index in [1.165, 1.54) is 7.11 Å². The van der Waals surface area contributed by atoms with Gasteiger partial charge in [0, 0.05) is 16.8 Å². The Balaban J connectivity index is 1.34. The van der Waals surface area contributed by atoms with E-state index in [2.05, 4.69) is 15.6 Å². The minimum atomic E-state index is -0.338. The molecule has 0 aliphatic rings. The number of anilines is 1. The second-order valence-electron chi connectivity index (χ2n) is 6.53. The molecule has 30 heavy (non-hydrogen) atoms. The number of nitrogens with zero attached hydrogens (tertiary/aromatic N) is 1. The number of para-hydroxylation sites is 1. The molecule has 0 spiro atoms. The smallest absolute Gasteiger partial charge is 0.251 e. The lowest BCUT2D eigenvalue weighted by Crippen LogP contribution is -2.32. The second-order valence-corrected chi connectivity index (χ2v) is 7.56. The molecule has 0 bridgehead atoms. The molecular formula is C23H19N3O3S. The number of aromatic nitrogens is 1. The van der Waals surface area contributed by atoms with E-state index in [0.717, 1.165) is 20.8 Å². The number of hydrogen-bond donors (Lipinski definition) is 2. The number of nitrogens with one attached hydrogen (secondary N) is 2. The van der Waals surface area contributed by atoms with Crippen LogP contribution >= 0.6 is 11.3 Å². The summed E-state index contributed by atoms with van der Waals surface area (Å²) in [6.07, 6.45) is 0. The van der Waals surface area contributed by atoms with Crippen molar-refractivity contribution in [1.29, 1.82) is 0 Å². The normalized spacial score (nSPS) is 10.6. The lowest BCUT2D eigenvalue weighted by atomic mass is 10.2. The van der Waals surface area contributed by atoms with Crippen LogP contribution in [0, 0.1) is 0 Å². The minimum Gasteiger partial charge on any atom is -0.497 e. The van der Waals surface area contributed by atoms with Crippen LogP contribution in [-0.2, 0) is 4.79 Å².